The number of nitrogens with zero attached hydrogens (tertiary/aromatic N) is 1. The lowest BCUT2D eigenvalue weighted by Gasteiger charge is -2.16. The number of benzene rings is 1. The van der Waals surface area contributed by atoms with Gasteiger partial charge in [0.15, 0.2) is 11.6 Å². The molecular weight excluding hydrogens is 294 g/mol. The van der Waals surface area contributed by atoms with Gasteiger partial charge in [0.05, 0.1) is 19.1 Å². The summed E-state index contributed by atoms with van der Waals surface area (Å²) >= 11 is 0. The van der Waals surface area contributed by atoms with Crippen LogP contribution in [-0.2, 0) is 20.7 Å². The molecule has 0 saturated carbocycles. The highest BCUT2D eigenvalue weighted by molar-refractivity contribution is 5.83. The van der Waals surface area contributed by atoms with Crippen molar-refractivity contribution in [2.75, 3.05) is 26.8 Å². The summed E-state index contributed by atoms with van der Waals surface area (Å²) in [5.41, 5.74) is -0.00179. The third-order valence-corrected chi connectivity index (χ3v) is 3.53. The van der Waals surface area contributed by atoms with Crippen LogP contribution < -0.4 is 5.32 Å². The Morgan fingerprint density at radius 1 is 1.45 bits per heavy atom. The third kappa shape index (κ3) is 4.00. The van der Waals surface area contributed by atoms with E-state index in [2.05, 4.69) is 5.32 Å². The molecule has 1 heterocycles. The lowest BCUT2D eigenvalue weighted by atomic mass is 10.1. The fraction of sp³-hybridized carbons (Fsp3) is 0.467. The largest absolute Gasteiger partial charge is 0.383 e. The van der Waals surface area contributed by atoms with Crippen LogP contribution in [0.4, 0.5) is 8.78 Å². The number of likely N-dealkylation sites (tertiary alicyclic amines) is 1. The first-order valence-corrected chi connectivity index (χ1v) is 7.00. The van der Waals surface area contributed by atoms with Crippen molar-refractivity contribution in [2.24, 2.45) is 0 Å². The van der Waals surface area contributed by atoms with Gasteiger partial charge < -0.3 is 15.0 Å². The van der Waals surface area contributed by atoms with Crippen molar-refractivity contribution in [1.82, 2.24) is 10.2 Å². The second-order valence-corrected chi connectivity index (χ2v) is 5.19. The highest BCUT2D eigenvalue weighted by Crippen LogP contribution is 2.14. The van der Waals surface area contributed by atoms with Crippen LogP contribution in [0.1, 0.15) is 12.0 Å². The highest BCUT2D eigenvalue weighted by Gasteiger charge is 2.30. The summed E-state index contributed by atoms with van der Waals surface area (Å²) in [6.07, 6.45) is -0.0482. The van der Waals surface area contributed by atoms with Gasteiger partial charge in [-0.2, -0.15) is 0 Å². The molecule has 0 aliphatic carbocycles. The predicted molar refractivity (Wildman–Crippen MR) is 75.1 cm³/mol. The summed E-state index contributed by atoms with van der Waals surface area (Å²) in [6.45, 7) is 1.31. The summed E-state index contributed by atoms with van der Waals surface area (Å²) < 4.78 is 31.5. The van der Waals surface area contributed by atoms with Gasteiger partial charge >= 0.3 is 0 Å². The Morgan fingerprint density at radius 3 is 2.95 bits per heavy atom. The van der Waals surface area contributed by atoms with Crippen molar-refractivity contribution in [3.63, 3.8) is 0 Å². The lowest BCUT2D eigenvalue weighted by Crippen LogP contribution is -2.38. The van der Waals surface area contributed by atoms with Crippen molar-refractivity contribution < 1.29 is 23.1 Å². The van der Waals surface area contributed by atoms with E-state index in [1.165, 1.54) is 12.1 Å². The van der Waals surface area contributed by atoms with E-state index in [4.69, 9.17) is 4.74 Å². The van der Waals surface area contributed by atoms with Crippen LogP contribution in [0.25, 0.3) is 0 Å². The number of halogens is 2. The molecule has 120 valence electrons. The molecule has 1 atom stereocenters. The van der Waals surface area contributed by atoms with Gasteiger partial charge in [-0.25, -0.2) is 8.78 Å². The predicted octanol–water partition coefficient (Wildman–Crippen LogP) is 0.871. The Morgan fingerprint density at radius 2 is 2.23 bits per heavy atom. The molecule has 22 heavy (non-hydrogen) atoms. The van der Waals surface area contributed by atoms with Crippen LogP contribution in [0.3, 0.4) is 0 Å². The number of hydrogen-bond acceptors (Lipinski definition) is 3. The first-order valence-electron chi connectivity index (χ1n) is 7.00. The summed E-state index contributed by atoms with van der Waals surface area (Å²) in [6, 6.07) is 3.41. The molecule has 1 aromatic rings. The monoisotopic (exact) mass is 312 g/mol. The molecule has 1 aliphatic rings. The van der Waals surface area contributed by atoms with E-state index in [-0.39, 0.29) is 30.4 Å². The number of nitrogens with one attached hydrogen (secondary N) is 1. The first-order chi connectivity index (χ1) is 10.5. The van der Waals surface area contributed by atoms with Crippen LogP contribution in [0, 0.1) is 11.6 Å². The van der Waals surface area contributed by atoms with E-state index >= 15 is 0 Å². The fourth-order valence-electron chi connectivity index (χ4n) is 2.42. The van der Waals surface area contributed by atoms with E-state index < -0.39 is 17.5 Å². The zero-order valence-electron chi connectivity index (χ0n) is 12.3. The van der Waals surface area contributed by atoms with Gasteiger partial charge in [-0.1, -0.05) is 12.1 Å². The smallest absolute Gasteiger partial charge is 0.224 e. The Hall–Kier alpha value is -2.02. The molecule has 1 N–H and O–H groups in total. The van der Waals surface area contributed by atoms with E-state index in [0.717, 1.165) is 6.07 Å². The van der Waals surface area contributed by atoms with Crippen LogP contribution in [0.5, 0.6) is 0 Å². The van der Waals surface area contributed by atoms with Crippen molar-refractivity contribution in [1.29, 1.82) is 0 Å². The van der Waals surface area contributed by atoms with Crippen LogP contribution in [0.15, 0.2) is 18.2 Å². The van der Waals surface area contributed by atoms with Crippen molar-refractivity contribution in [3.05, 3.63) is 35.4 Å². The van der Waals surface area contributed by atoms with Gasteiger partial charge in [-0.3, -0.25) is 9.59 Å². The minimum absolute atomic E-state index is 0.00179. The van der Waals surface area contributed by atoms with E-state index in [1.807, 2.05) is 0 Å². The molecule has 0 spiro atoms. The number of methoxy groups -OCH3 is 1. The molecule has 5 nitrogen and oxygen atoms in total. The van der Waals surface area contributed by atoms with Crippen molar-refractivity contribution in [3.8, 4) is 0 Å². The second-order valence-electron chi connectivity index (χ2n) is 5.19. The molecule has 1 unspecified atom stereocenters. The molecule has 0 radical (unpaired) electrons. The number of carbonyl (C=O) groups is 2. The van der Waals surface area contributed by atoms with E-state index in [0.29, 0.717) is 19.7 Å². The molecule has 2 amide bonds. The molecule has 7 heteroatoms. The standard InChI is InChI=1S/C15H18F2N2O3/c1-22-6-5-19-9-11(8-14(19)21)18-13(20)7-10-3-2-4-12(16)15(10)17/h2-4,11H,5-9H2,1H3,(H,18,20). The minimum atomic E-state index is -1.01. The summed E-state index contributed by atoms with van der Waals surface area (Å²) in [4.78, 5) is 25.3. The topological polar surface area (TPSA) is 58.6 Å². The van der Waals surface area contributed by atoms with Gasteiger partial charge in [0.2, 0.25) is 11.8 Å². The quantitative estimate of drug-likeness (QED) is 0.848. The molecule has 2 rings (SSSR count). The molecular formula is C15H18F2N2O3. The zero-order valence-corrected chi connectivity index (χ0v) is 12.3. The van der Waals surface area contributed by atoms with E-state index in [9.17, 15) is 18.4 Å². The number of rotatable bonds is 6. The summed E-state index contributed by atoms with van der Waals surface area (Å²) in [7, 11) is 1.55. The normalized spacial score (nSPS) is 17.9. The van der Waals surface area contributed by atoms with Crippen LogP contribution in [0.2, 0.25) is 0 Å². The second kappa shape index (κ2) is 7.31. The molecule has 1 fully saturated rings. The zero-order chi connectivity index (χ0) is 16.1. The Bertz CT molecular complexity index is 566. The first kappa shape index (κ1) is 16.4. The average molecular weight is 312 g/mol. The maximum Gasteiger partial charge on any atom is 0.224 e. The molecule has 1 saturated heterocycles. The molecule has 0 aromatic heterocycles. The van der Waals surface area contributed by atoms with Gasteiger partial charge in [0.25, 0.3) is 0 Å². The van der Waals surface area contributed by atoms with E-state index in [1.54, 1.807) is 12.0 Å². The van der Waals surface area contributed by atoms with Crippen LogP contribution >= 0.6 is 0 Å². The van der Waals surface area contributed by atoms with Crippen molar-refractivity contribution >= 4 is 11.8 Å². The third-order valence-electron chi connectivity index (χ3n) is 3.53. The Kier molecular flexibility index (Phi) is 5.43. The summed E-state index contributed by atoms with van der Waals surface area (Å²) in [5.74, 6) is -2.48. The molecule has 1 aromatic carbocycles. The Balaban J connectivity index is 1.88. The van der Waals surface area contributed by atoms with Gasteiger partial charge in [-0.05, 0) is 6.07 Å². The van der Waals surface area contributed by atoms with Gasteiger partial charge in [-0.15, -0.1) is 0 Å². The number of hydrogen-bond donors (Lipinski definition) is 1. The molecule has 1 aliphatic heterocycles. The highest BCUT2D eigenvalue weighted by atomic mass is 19.2. The Labute approximate surface area is 127 Å². The molecule has 0 bridgehead atoms. The van der Waals surface area contributed by atoms with Crippen molar-refractivity contribution in [2.45, 2.75) is 18.9 Å². The minimum Gasteiger partial charge on any atom is -0.383 e. The number of carbonyl (C=O) groups excluding carboxylic acids is 2. The van der Waals surface area contributed by atoms with Gasteiger partial charge in [0, 0.05) is 32.2 Å². The number of ether oxygens (including phenoxy) is 1. The average Bonchev–Trinajstić information content (AvgIpc) is 2.81. The van der Waals surface area contributed by atoms with Crippen LogP contribution in [-0.4, -0.2) is 49.6 Å². The SMILES string of the molecule is COCCN1CC(NC(=O)Cc2cccc(F)c2F)CC1=O. The van der Waals surface area contributed by atoms with Gasteiger partial charge in [0.1, 0.15) is 0 Å². The maximum atomic E-state index is 13.5. The number of amides is 2. The lowest BCUT2D eigenvalue weighted by molar-refractivity contribution is -0.128. The summed E-state index contributed by atoms with van der Waals surface area (Å²) in [5, 5.41) is 2.68. The maximum absolute atomic E-state index is 13.5. The fourth-order valence-corrected chi connectivity index (χ4v) is 2.42.